The van der Waals surface area contributed by atoms with E-state index in [1.807, 2.05) is 37.3 Å². The third-order valence-corrected chi connectivity index (χ3v) is 4.28. The maximum Gasteiger partial charge on any atom is 0.241 e. The predicted octanol–water partition coefficient (Wildman–Crippen LogP) is 3.43. The Morgan fingerprint density at radius 3 is 2.50 bits per heavy atom. The van der Waals surface area contributed by atoms with Gasteiger partial charge in [-0.3, -0.25) is 4.79 Å². The summed E-state index contributed by atoms with van der Waals surface area (Å²) in [6.07, 6.45) is 5.25. The van der Waals surface area contributed by atoms with Crippen LogP contribution in [0.2, 0.25) is 0 Å². The molecule has 2 N–H and O–H groups in total. The number of carbonyl (C=O) groups is 1. The van der Waals surface area contributed by atoms with E-state index in [1.165, 1.54) is 25.7 Å². The highest BCUT2D eigenvalue weighted by Gasteiger charge is 2.20. The van der Waals surface area contributed by atoms with Gasteiger partial charge >= 0.3 is 0 Å². The Bertz CT molecular complexity index is 410. The summed E-state index contributed by atoms with van der Waals surface area (Å²) in [7, 11) is 0. The van der Waals surface area contributed by atoms with Gasteiger partial charge in [-0.2, -0.15) is 0 Å². The molecule has 1 fully saturated rings. The summed E-state index contributed by atoms with van der Waals surface area (Å²) in [4.78, 5) is 12.1. The zero-order chi connectivity index (χ0) is 14.4. The second kappa shape index (κ2) is 7.44. The summed E-state index contributed by atoms with van der Waals surface area (Å²) in [6, 6.07) is 9.48. The van der Waals surface area contributed by atoms with Crippen LogP contribution in [0.15, 0.2) is 30.3 Å². The molecule has 3 nitrogen and oxygen atoms in total. The van der Waals surface area contributed by atoms with Crippen molar-refractivity contribution in [1.29, 1.82) is 0 Å². The smallest absolute Gasteiger partial charge is 0.241 e. The van der Waals surface area contributed by atoms with Crippen molar-refractivity contribution in [2.24, 2.45) is 11.8 Å². The van der Waals surface area contributed by atoms with E-state index in [4.69, 9.17) is 0 Å². The molecular formula is C17H26N2O. The minimum absolute atomic E-state index is 0.0420. The molecule has 2 rings (SSSR count). The van der Waals surface area contributed by atoms with Crippen LogP contribution >= 0.6 is 0 Å². The molecule has 1 atom stereocenters. The van der Waals surface area contributed by atoms with Crippen LogP contribution in [0, 0.1) is 11.8 Å². The van der Waals surface area contributed by atoms with Gasteiger partial charge in [-0.1, -0.05) is 38.0 Å². The Hall–Kier alpha value is -1.35. The first kappa shape index (κ1) is 15.0. The summed E-state index contributed by atoms with van der Waals surface area (Å²) >= 11 is 0. The van der Waals surface area contributed by atoms with Crippen LogP contribution in [0.5, 0.6) is 0 Å². The number of anilines is 1. The maximum absolute atomic E-state index is 12.1. The van der Waals surface area contributed by atoms with Gasteiger partial charge in [-0.25, -0.2) is 0 Å². The van der Waals surface area contributed by atoms with Gasteiger partial charge in [0.15, 0.2) is 0 Å². The van der Waals surface area contributed by atoms with E-state index < -0.39 is 0 Å². The molecule has 1 aliphatic rings. The molecular weight excluding hydrogens is 248 g/mol. The zero-order valence-electron chi connectivity index (χ0n) is 12.6. The van der Waals surface area contributed by atoms with Crippen LogP contribution in [0.1, 0.15) is 39.5 Å². The molecule has 0 aromatic heterocycles. The minimum atomic E-state index is -0.144. The van der Waals surface area contributed by atoms with Crippen LogP contribution in [-0.4, -0.2) is 18.5 Å². The molecule has 1 aliphatic carbocycles. The SMILES string of the molecule is CC1CCC(CNC(C)C(=O)Nc2ccccc2)CC1. The van der Waals surface area contributed by atoms with Crippen LogP contribution in [-0.2, 0) is 4.79 Å². The Morgan fingerprint density at radius 1 is 1.20 bits per heavy atom. The number of nitrogens with one attached hydrogen (secondary N) is 2. The Labute approximate surface area is 122 Å². The van der Waals surface area contributed by atoms with Gasteiger partial charge in [0.1, 0.15) is 0 Å². The molecule has 0 spiro atoms. The lowest BCUT2D eigenvalue weighted by molar-refractivity contribution is -0.117. The standard InChI is InChI=1S/C17H26N2O/c1-13-8-10-15(11-9-13)12-18-14(2)17(20)19-16-6-4-3-5-7-16/h3-7,13-15,18H,8-12H2,1-2H3,(H,19,20). The van der Waals surface area contributed by atoms with Crippen LogP contribution in [0.3, 0.4) is 0 Å². The number of hydrogen-bond donors (Lipinski definition) is 2. The van der Waals surface area contributed by atoms with E-state index in [2.05, 4.69) is 17.6 Å². The normalized spacial score (nSPS) is 24.1. The first-order chi connectivity index (χ1) is 9.65. The first-order valence-electron chi connectivity index (χ1n) is 7.74. The Kier molecular flexibility index (Phi) is 5.60. The molecule has 0 radical (unpaired) electrons. The van der Waals surface area contributed by atoms with Gasteiger partial charge in [0.2, 0.25) is 5.91 Å². The van der Waals surface area contributed by atoms with Crippen LogP contribution in [0.25, 0.3) is 0 Å². The molecule has 0 heterocycles. The van der Waals surface area contributed by atoms with Crippen molar-refractivity contribution in [2.75, 3.05) is 11.9 Å². The highest BCUT2D eigenvalue weighted by molar-refractivity contribution is 5.94. The van der Waals surface area contributed by atoms with E-state index in [0.717, 1.165) is 24.1 Å². The predicted molar refractivity (Wildman–Crippen MR) is 83.7 cm³/mol. The molecule has 0 saturated heterocycles. The molecule has 1 saturated carbocycles. The van der Waals surface area contributed by atoms with E-state index in [1.54, 1.807) is 0 Å². The van der Waals surface area contributed by atoms with Crippen LogP contribution in [0.4, 0.5) is 5.69 Å². The highest BCUT2D eigenvalue weighted by Crippen LogP contribution is 2.27. The van der Waals surface area contributed by atoms with Gasteiger partial charge in [0.25, 0.3) is 0 Å². The molecule has 1 amide bonds. The maximum atomic E-state index is 12.1. The molecule has 1 aromatic carbocycles. The largest absolute Gasteiger partial charge is 0.325 e. The van der Waals surface area contributed by atoms with E-state index >= 15 is 0 Å². The molecule has 110 valence electrons. The third-order valence-electron chi connectivity index (χ3n) is 4.28. The van der Waals surface area contributed by atoms with Gasteiger partial charge in [-0.15, -0.1) is 0 Å². The fourth-order valence-electron chi connectivity index (χ4n) is 2.74. The molecule has 0 bridgehead atoms. The first-order valence-corrected chi connectivity index (χ1v) is 7.74. The van der Waals surface area contributed by atoms with Crippen molar-refractivity contribution in [3.05, 3.63) is 30.3 Å². The van der Waals surface area contributed by atoms with E-state index in [9.17, 15) is 4.79 Å². The van der Waals surface area contributed by atoms with Crippen molar-refractivity contribution in [3.63, 3.8) is 0 Å². The molecule has 3 heteroatoms. The van der Waals surface area contributed by atoms with Crippen LogP contribution < -0.4 is 10.6 Å². The van der Waals surface area contributed by atoms with E-state index in [-0.39, 0.29) is 11.9 Å². The summed E-state index contributed by atoms with van der Waals surface area (Å²) in [5.41, 5.74) is 0.859. The van der Waals surface area contributed by atoms with Crippen molar-refractivity contribution in [3.8, 4) is 0 Å². The molecule has 20 heavy (non-hydrogen) atoms. The molecule has 0 aliphatic heterocycles. The molecule has 1 aromatic rings. The van der Waals surface area contributed by atoms with E-state index in [0.29, 0.717) is 0 Å². The minimum Gasteiger partial charge on any atom is -0.325 e. The Balaban J connectivity index is 1.71. The van der Waals surface area contributed by atoms with Crippen molar-refractivity contribution >= 4 is 11.6 Å². The fourth-order valence-corrected chi connectivity index (χ4v) is 2.74. The average molecular weight is 274 g/mol. The second-order valence-electron chi connectivity index (χ2n) is 6.11. The monoisotopic (exact) mass is 274 g/mol. The number of para-hydroxylation sites is 1. The number of benzene rings is 1. The second-order valence-corrected chi connectivity index (χ2v) is 6.11. The van der Waals surface area contributed by atoms with Gasteiger partial charge in [-0.05, 0) is 50.3 Å². The lowest BCUT2D eigenvalue weighted by atomic mass is 9.83. The van der Waals surface area contributed by atoms with Gasteiger partial charge < -0.3 is 10.6 Å². The lowest BCUT2D eigenvalue weighted by Gasteiger charge is -2.27. The van der Waals surface area contributed by atoms with Gasteiger partial charge in [0, 0.05) is 5.69 Å². The summed E-state index contributed by atoms with van der Waals surface area (Å²) < 4.78 is 0. The topological polar surface area (TPSA) is 41.1 Å². The summed E-state index contributed by atoms with van der Waals surface area (Å²) in [6.45, 7) is 5.22. The Morgan fingerprint density at radius 2 is 1.85 bits per heavy atom. The number of amides is 1. The van der Waals surface area contributed by atoms with Gasteiger partial charge in [0.05, 0.1) is 6.04 Å². The van der Waals surface area contributed by atoms with Crippen molar-refractivity contribution in [1.82, 2.24) is 5.32 Å². The van der Waals surface area contributed by atoms with Crippen molar-refractivity contribution in [2.45, 2.75) is 45.6 Å². The number of hydrogen-bond acceptors (Lipinski definition) is 2. The number of carbonyl (C=O) groups excluding carboxylic acids is 1. The number of rotatable bonds is 5. The van der Waals surface area contributed by atoms with Crippen molar-refractivity contribution < 1.29 is 4.79 Å². The quantitative estimate of drug-likeness (QED) is 0.863. The fraction of sp³-hybridized carbons (Fsp3) is 0.588. The summed E-state index contributed by atoms with van der Waals surface area (Å²) in [5.74, 6) is 1.66. The lowest BCUT2D eigenvalue weighted by Crippen LogP contribution is -2.40. The molecule has 1 unspecified atom stereocenters. The zero-order valence-corrected chi connectivity index (χ0v) is 12.6. The highest BCUT2D eigenvalue weighted by atomic mass is 16.2. The average Bonchev–Trinajstić information content (AvgIpc) is 2.47. The third kappa shape index (κ3) is 4.64. The summed E-state index contributed by atoms with van der Waals surface area (Å²) in [5, 5.41) is 6.31.